The van der Waals surface area contributed by atoms with Crippen LogP contribution >= 0.6 is 23.2 Å². The van der Waals surface area contributed by atoms with E-state index in [1.54, 1.807) is 42.5 Å². The number of benzene rings is 2. The molecule has 1 aliphatic rings. The minimum absolute atomic E-state index is 0.0368. The Morgan fingerprint density at radius 3 is 2.10 bits per heavy atom. The molecule has 0 saturated heterocycles. The number of ketones is 1. The minimum atomic E-state index is -5.00. The molecule has 0 spiro atoms. The van der Waals surface area contributed by atoms with Crippen LogP contribution in [0, 0.1) is 5.41 Å². The van der Waals surface area contributed by atoms with Crippen LogP contribution in [0.1, 0.15) is 54.9 Å². The van der Waals surface area contributed by atoms with Crippen LogP contribution in [0.3, 0.4) is 0 Å². The highest BCUT2D eigenvalue weighted by Gasteiger charge is 2.43. The number of alkyl halides is 3. The Kier molecular flexibility index (Phi) is 10.0. The van der Waals surface area contributed by atoms with Gasteiger partial charge in [0.25, 0.3) is 5.91 Å². The first kappa shape index (κ1) is 30.4. The molecule has 0 aromatic heterocycles. The van der Waals surface area contributed by atoms with Crippen molar-refractivity contribution in [3.8, 4) is 0 Å². The molecule has 0 aliphatic heterocycles. The monoisotopic (exact) mass is 585 g/mol. The summed E-state index contributed by atoms with van der Waals surface area (Å²) in [5.74, 6) is -3.23. The SMILES string of the molecule is CC(=O)C(Cc1ccc(NC(=O)c2c(Cl)cccc2Cl)cc1)NC(=O)C1(CCNC(=O)C(F)(F)F)CCCC1. The predicted octanol–water partition coefficient (Wildman–Crippen LogP) is 5.49. The van der Waals surface area contributed by atoms with Crippen LogP contribution in [0.15, 0.2) is 42.5 Å². The number of nitrogens with one attached hydrogen (secondary N) is 3. The fraction of sp³-hybridized carbons (Fsp3) is 0.407. The van der Waals surface area contributed by atoms with Crippen molar-refractivity contribution in [2.45, 2.75) is 57.7 Å². The van der Waals surface area contributed by atoms with Gasteiger partial charge in [0.15, 0.2) is 5.78 Å². The molecule has 2 aromatic carbocycles. The highest BCUT2D eigenvalue weighted by molar-refractivity contribution is 6.40. The first-order valence-electron chi connectivity index (χ1n) is 12.3. The first-order chi connectivity index (χ1) is 18.3. The molecule has 3 amide bonds. The summed E-state index contributed by atoms with van der Waals surface area (Å²) < 4.78 is 37.5. The largest absolute Gasteiger partial charge is 0.471 e. The van der Waals surface area contributed by atoms with Crippen molar-refractivity contribution in [1.29, 1.82) is 0 Å². The lowest BCUT2D eigenvalue weighted by Gasteiger charge is -2.30. The van der Waals surface area contributed by atoms with E-state index in [1.807, 2.05) is 5.32 Å². The molecular weight excluding hydrogens is 558 g/mol. The molecule has 1 unspecified atom stereocenters. The summed E-state index contributed by atoms with van der Waals surface area (Å²) in [5.41, 5.74) is 0.361. The Balaban J connectivity index is 1.63. The van der Waals surface area contributed by atoms with Gasteiger partial charge < -0.3 is 16.0 Å². The van der Waals surface area contributed by atoms with Crippen molar-refractivity contribution < 1.29 is 32.3 Å². The van der Waals surface area contributed by atoms with Crippen LogP contribution in [0.25, 0.3) is 0 Å². The zero-order chi connectivity index (χ0) is 28.8. The summed E-state index contributed by atoms with van der Waals surface area (Å²) in [7, 11) is 0. The molecule has 210 valence electrons. The Bertz CT molecular complexity index is 1210. The van der Waals surface area contributed by atoms with Crippen LogP contribution in [0.4, 0.5) is 18.9 Å². The number of carbonyl (C=O) groups excluding carboxylic acids is 4. The predicted molar refractivity (Wildman–Crippen MR) is 142 cm³/mol. The van der Waals surface area contributed by atoms with E-state index in [0.717, 1.165) is 12.8 Å². The van der Waals surface area contributed by atoms with Gasteiger partial charge in [0.05, 0.1) is 27.1 Å². The van der Waals surface area contributed by atoms with Crippen molar-refractivity contribution in [2.24, 2.45) is 5.41 Å². The third-order valence-corrected chi connectivity index (χ3v) is 7.46. The molecule has 1 fully saturated rings. The number of carbonyl (C=O) groups is 4. The first-order valence-corrected chi connectivity index (χ1v) is 13.1. The zero-order valence-corrected chi connectivity index (χ0v) is 22.6. The maximum absolute atomic E-state index is 13.2. The van der Waals surface area contributed by atoms with Gasteiger partial charge >= 0.3 is 12.1 Å². The van der Waals surface area contributed by atoms with Crippen LogP contribution in [0.2, 0.25) is 10.0 Å². The van der Waals surface area contributed by atoms with Gasteiger partial charge in [0, 0.05) is 12.2 Å². The fourth-order valence-corrected chi connectivity index (χ4v) is 5.20. The van der Waals surface area contributed by atoms with E-state index in [4.69, 9.17) is 23.2 Å². The van der Waals surface area contributed by atoms with Gasteiger partial charge in [-0.2, -0.15) is 13.2 Å². The number of hydrogen-bond acceptors (Lipinski definition) is 4. The minimum Gasteiger partial charge on any atom is -0.348 e. The van der Waals surface area contributed by atoms with Crippen molar-refractivity contribution in [3.05, 3.63) is 63.6 Å². The van der Waals surface area contributed by atoms with Gasteiger partial charge in [-0.3, -0.25) is 19.2 Å². The zero-order valence-electron chi connectivity index (χ0n) is 21.1. The second-order valence-corrected chi connectivity index (χ2v) is 10.4. The molecule has 0 bridgehead atoms. The van der Waals surface area contributed by atoms with Gasteiger partial charge in [-0.05, 0) is 62.4 Å². The van der Waals surface area contributed by atoms with E-state index in [-0.39, 0.29) is 40.8 Å². The van der Waals surface area contributed by atoms with Gasteiger partial charge in [0.2, 0.25) is 5.91 Å². The summed E-state index contributed by atoms with van der Waals surface area (Å²) in [5, 5.41) is 7.72. The molecule has 0 heterocycles. The van der Waals surface area contributed by atoms with E-state index in [0.29, 0.717) is 24.1 Å². The van der Waals surface area contributed by atoms with Crippen molar-refractivity contribution in [3.63, 3.8) is 0 Å². The van der Waals surface area contributed by atoms with Gasteiger partial charge in [0.1, 0.15) is 0 Å². The standard InChI is InChI=1S/C27H28Cl2F3N3O4/c1-16(36)21(35-24(38)26(11-2-3-12-26)13-14-33-25(39)27(30,31)32)15-17-7-9-18(10-8-17)34-23(37)22-19(28)5-4-6-20(22)29/h4-10,21H,2-3,11-15H2,1H3,(H,33,39)(H,34,37)(H,35,38). The topological polar surface area (TPSA) is 104 Å². The Morgan fingerprint density at radius 1 is 0.974 bits per heavy atom. The maximum Gasteiger partial charge on any atom is 0.471 e. The second-order valence-electron chi connectivity index (χ2n) is 9.58. The highest BCUT2D eigenvalue weighted by atomic mass is 35.5. The highest BCUT2D eigenvalue weighted by Crippen LogP contribution is 2.41. The Labute approximate surface area is 233 Å². The third-order valence-electron chi connectivity index (χ3n) is 6.83. The smallest absolute Gasteiger partial charge is 0.348 e. The van der Waals surface area contributed by atoms with Gasteiger partial charge in [-0.1, -0.05) is 54.2 Å². The Hall–Kier alpha value is -3.11. The maximum atomic E-state index is 13.2. The summed E-state index contributed by atoms with van der Waals surface area (Å²) >= 11 is 12.2. The molecule has 1 aliphatic carbocycles. The normalized spacial score (nSPS) is 15.3. The molecule has 3 N–H and O–H groups in total. The van der Waals surface area contributed by atoms with Crippen molar-refractivity contribution in [1.82, 2.24) is 10.6 Å². The molecular formula is C27H28Cl2F3N3O4. The van der Waals surface area contributed by atoms with E-state index >= 15 is 0 Å². The van der Waals surface area contributed by atoms with Crippen LogP contribution in [-0.2, 0) is 20.8 Å². The summed E-state index contributed by atoms with van der Waals surface area (Å²) in [6.45, 7) is 1.04. The molecule has 3 rings (SSSR count). The molecule has 12 heteroatoms. The number of halogens is 5. The molecule has 0 radical (unpaired) electrons. The molecule has 7 nitrogen and oxygen atoms in total. The number of Topliss-reactive ketones (excluding diaryl/α,β-unsaturated/α-hetero) is 1. The van der Waals surface area contributed by atoms with Crippen molar-refractivity contribution in [2.75, 3.05) is 11.9 Å². The number of hydrogen-bond donors (Lipinski definition) is 3. The van der Waals surface area contributed by atoms with Crippen molar-refractivity contribution >= 4 is 52.4 Å². The van der Waals surface area contributed by atoms with E-state index in [9.17, 15) is 32.3 Å². The lowest BCUT2D eigenvalue weighted by molar-refractivity contribution is -0.173. The second kappa shape index (κ2) is 12.8. The van der Waals surface area contributed by atoms with Crippen LogP contribution in [0.5, 0.6) is 0 Å². The average molecular weight is 586 g/mol. The Morgan fingerprint density at radius 2 is 1.56 bits per heavy atom. The molecule has 1 atom stereocenters. The molecule has 2 aromatic rings. The third kappa shape index (κ3) is 7.95. The molecule has 39 heavy (non-hydrogen) atoms. The summed E-state index contributed by atoms with van der Waals surface area (Å²) in [4.78, 5) is 49.4. The van der Waals surface area contributed by atoms with Gasteiger partial charge in [-0.25, -0.2) is 0 Å². The van der Waals surface area contributed by atoms with Gasteiger partial charge in [-0.15, -0.1) is 0 Å². The quantitative estimate of drug-likeness (QED) is 0.343. The lowest BCUT2D eigenvalue weighted by atomic mass is 9.81. The summed E-state index contributed by atoms with van der Waals surface area (Å²) in [6.07, 6.45) is -2.44. The number of rotatable bonds is 10. The van der Waals surface area contributed by atoms with E-state index < -0.39 is 35.4 Å². The van der Waals surface area contributed by atoms with E-state index in [2.05, 4.69) is 10.6 Å². The fourth-order valence-electron chi connectivity index (χ4n) is 4.63. The van der Waals surface area contributed by atoms with Crippen LogP contribution in [-0.4, -0.2) is 42.3 Å². The number of amides is 3. The lowest BCUT2D eigenvalue weighted by Crippen LogP contribution is -2.49. The van der Waals surface area contributed by atoms with E-state index in [1.165, 1.54) is 6.92 Å². The summed E-state index contributed by atoms with van der Waals surface area (Å²) in [6, 6.07) is 10.5. The number of anilines is 1. The van der Waals surface area contributed by atoms with Crippen LogP contribution < -0.4 is 16.0 Å². The average Bonchev–Trinajstić information content (AvgIpc) is 3.34. The molecule has 1 saturated carbocycles.